The molecule has 1 aromatic heterocycles. The number of nitrogens with one attached hydrogen (secondary N) is 3. The molecule has 4 rings (SSSR count). The van der Waals surface area contributed by atoms with Gasteiger partial charge in [0.1, 0.15) is 5.69 Å². The summed E-state index contributed by atoms with van der Waals surface area (Å²) >= 11 is 1.39. The SMILES string of the molecule is C=C(Nc1nc(C(C)=O)cs1)c1ccccc1NC.Cc1ccccc1N1CCNCC1. The summed E-state index contributed by atoms with van der Waals surface area (Å²) in [5.41, 5.74) is 5.96. The largest absolute Gasteiger partial charge is 0.388 e. The number of carbonyl (C=O) groups excluding carboxylic acids is 1. The normalized spacial score (nSPS) is 13.0. The minimum atomic E-state index is -0.0365. The Kier molecular flexibility index (Phi) is 8.41. The van der Waals surface area contributed by atoms with Crippen molar-refractivity contribution >= 4 is 39.3 Å². The number of anilines is 3. The van der Waals surface area contributed by atoms with E-state index in [9.17, 15) is 4.79 Å². The number of rotatable bonds is 6. The standard InChI is InChI=1S/C14H15N3OS.C11H16N2/c1-9(11-6-4-5-7-12(11)15-3)16-14-17-13(8-19-14)10(2)18;1-10-4-2-3-5-11(10)13-8-6-12-7-9-13/h4-8,15H,1H2,2-3H3,(H,16,17);2-5,12H,6-9H2,1H3. The molecule has 0 aliphatic carbocycles. The highest BCUT2D eigenvalue weighted by Crippen LogP contribution is 2.25. The van der Waals surface area contributed by atoms with Gasteiger partial charge in [-0.25, -0.2) is 4.98 Å². The van der Waals surface area contributed by atoms with Gasteiger partial charge in [0.25, 0.3) is 0 Å². The maximum atomic E-state index is 11.2. The predicted molar refractivity (Wildman–Crippen MR) is 137 cm³/mol. The molecule has 2 aromatic carbocycles. The van der Waals surface area contributed by atoms with E-state index in [1.165, 1.54) is 29.5 Å². The summed E-state index contributed by atoms with van der Waals surface area (Å²) in [6.45, 7) is 12.2. The first-order valence-electron chi connectivity index (χ1n) is 10.7. The van der Waals surface area contributed by atoms with Gasteiger partial charge in [0.15, 0.2) is 10.9 Å². The molecule has 32 heavy (non-hydrogen) atoms. The average molecular weight is 450 g/mol. The summed E-state index contributed by atoms with van der Waals surface area (Å²) in [5.74, 6) is -0.0365. The molecule has 0 spiro atoms. The molecule has 1 aliphatic rings. The molecule has 2 heterocycles. The van der Waals surface area contributed by atoms with Crippen LogP contribution in [-0.4, -0.2) is 44.0 Å². The van der Waals surface area contributed by atoms with E-state index in [1.807, 2.05) is 31.3 Å². The molecule has 0 atom stereocenters. The highest BCUT2D eigenvalue weighted by atomic mass is 32.1. The van der Waals surface area contributed by atoms with Gasteiger partial charge in [-0.1, -0.05) is 43.0 Å². The molecule has 1 fully saturated rings. The van der Waals surface area contributed by atoms with Crippen LogP contribution >= 0.6 is 11.3 Å². The molecular formula is C25H31N5OS. The van der Waals surface area contributed by atoms with E-state index < -0.39 is 0 Å². The van der Waals surface area contributed by atoms with Gasteiger partial charge < -0.3 is 20.9 Å². The Morgan fingerprint density at radius 2 is 1.81 bits per heavy atom. The van der Waals surface area contributed by atoms with Crippen molar-refractivity contribution in [1.82, 2.24) is 10.3 Å². The van der Waals surface area contributed by atoms with Crippen LogP contribution in [0.5, 0.6) is 0 Å². The summed E-state index contributed by atoms with van der Waals surface area (Å²) in [4.78, 5) is 17.9. The van der Waals surface area contributed by atoms with E-state index in [0.29, 0.717) is 10.8 Å². The van der Waals surface area contributed by atoms with E-state index in [0.717, 1.165) is 43.1 Å². The molecular weight excluding hydrogens is 418 g/mol. The fourth-order valence-electron chi connectivity index (χ4n) is 3.48. The highest BCUT2D eigenvalue weighted by Gasteiger charge is 2.11. The number of para-hydroxylation sites is 2. The van der Waals surface area contributed by atoms with Crippen LogP contribution < -0.4 is 20.9 Å². The number of thiazole rings is 1. The van der Waals surface area contributed by atoms with Crippen molar-refractivity contribution in [3.63, 3.8) is 0 Å². The van der Waals surface area contributed by atoms with Crippen LogP contribution in [0.25, 0.3) is 5.70 Å². The molecule has 3 aromatic rings. The Bertz CT molecular complexity index is 1060. The van der Waals surface area contributed by atoms with Crippen molar-refractivity contribution in [2.75, 3.05) is 48.8 Å². The maximum absolute atomic E-state index is 11.2. The van der Waals surface area contributed by atoms with Gasteiger partial charge >= 0.3 is 0 Å². The molecule has 6 nitrogen and oxygen atoms in total. The smallest absolute Gasteiger partial charge is 0.187 e. The second-order valence-corrected chi connectivity index (χ2v) is 8.37. The lowest BCUT2D eigenvalue weighted by Crippen LogP contribution is -2.43. The predicted octanol–water partition coefficient (Wildman–Crippen LogP) is 4.87. The van der Waals surface area contributed by atoms with Crippen LogP contribution in [0.3, 0.4) is 0 Å². The van der Waals surface area contributed by atoms with Gasteiger partial charge in [-0.3, -0.25) is 4.79 Å². The Morgan fingerprint density at radius 1 is 1.12 bits per heavy atom. The molecule has 0 unspecified atom stereocenters. The van der Waals surface area contributed by atoms with Gasteiger partial charge in [-0.15, -0.1) is 11.3 Å². The van der Waals surface area contributed by atoms with Crippen LogP contribution in [0.2, 0.25) is 0 Å². The molecule has 168 valence electrons. The number of ketones is 1. The number of hydrogen-bond donors (Lipinski definition) is 3. The fraction of sp³-hybridized carbons (Fsp3) is 0.280. The lowest BCUT2D eigenvalue weighted by atomic mass is 10.1. The molecule has 0 saturated carbocycles. The summed E-state index contributed by atoms with van der Waals surface area (Å²) in [5, 5.41) is 12.0. The molecule has 0 radical (unpaired) electrons. The van der Waals surface area contributed by atoms with Crippen LogP contribution in [0.1, 0.15) is 28.5 Å². The molecule has 0 amide bonds. The van der Waals surface area contributed by atoms with Crippen molar-refractivity contribution in [1.29, 1.82) is 0 Å². The second-order valence-electron chi connectivity index (χ2n) is 7.52. The molecule has 3 N–H and O–H groups in total. The van der Waals surface area contributed by atoms with Crippen molar-refractivity contribution in [3.8, 4) is 0 Å². The quantitative estimate of drug-likeness (QED) is 0.466. The van der Waals surface area contributed by atoms with Crippen molar-refractivity contribution in [2.24, 2.45) is 0 Å². The van der Waals surface area contributed by atoms with Crippen LogP contribution in [0.4, 0.5) is 16.5 Å². The van der Waals surface area contributed by atoms with Crippen molar-refractivity contribution in [3.05, 3.63) is 77.3 Å². The van der Waals surface area contributed by atoms with Crippen LogP contribution in [0.15, 0.2) is 60.5 Å². The molecule has 1 saturated heterocycles. The van der Waals surface area contributed by atoms with Crippen molar-refractivity contribution in [2.45, 2.75) is 13.8 Å². The van der Waals surface area contributed by atoms with Gasteiger partial charge in [0, 0.05) is 68.2 Å². The monoisotopic (exact) mass is 449 g/mol. The van der Waals surface area contributed by atoms with E-state index >= 15 is 0 Å². The third-order valence-corrected chi connectivity index (χ3v) is 5.98. The molecule has 0 bridgehead atoms. The van der Waals surface area contributed by atoms with Crippen LogP contribution in [-0.2, 0) is 0 Å². The van der Waals surface area contributed by atoms with Crippen LogP contribution in [0, 0.1) is 6.92 Å². The Morgan fingerprint density at radius 3 is 2.47 bits per heavy atom. The zero-order valence-electron chi connectivity index (χ0n) is 18.9. The van der Waals surface area contributed by atoms with E-state index in [-0.39, 0.29) is 5.78 Å². The maximum Gasteiger partial charge on any atom is 0.187 e. The Labute approximate surface area is 194 Å². The minimum absolute atomic E-state index is 0.0365. The van der Waals surface area contributed by atoms with Gasteiger partial charge in [-0.2, -0.15) is 0 Å². The third-order valence-electron chi connectivity index (χ3n) is 5.22. The molecule has 7 heteroatoms. The summed E-state index contributed by atoms with van der Waals surface area (Å²) < 4.78 is 0. The van der Waals surface area contributed by atoms with Gasteiger partial charge in [-0.05, 0) is 24.6 Å². The number of carbonyl (C=O) groups is 1. The topological polar surface area (TPSA) is 69.3 Å². The minimum Gasteiger partial charge on any atom is -0.388 e. The Hall–Kier alpha value is -3.16. The zero-order valence-corrected chi connectivity index (χ0v) is 19.8. The summed E-state index contributed by atoms with van der Waals surface area (Å²) in [7, 11) is 1.86. The van der Waals surface area contributed by atoms with Gasteiger partial charge in [0.2, 0.25) is 0 Å². The number of nitrogens with zero attached hydrogens (tertiary/aromatic N) is 2. The number of piperazine rings is 1. The number of aryl methyl sites for hydroxylation is 1. The third kappa shape index (κ3) is 6.18. The number of hydrogen-bond acceptors (Lipinski definition) is 7. The summed E-state index contributed by atoms with van der Waals surface area (Å²) in [6.07, 6.45) is 0. The first-order valence-corrected chi connectivity index (χ1v) is 11.6. The first kappa shape index (κ1) is 23.5. The highest BCUT2D eigenvalue weighted by molar-refractivity contribution is 7.14. The molecule has 1 aliphatic heterocycles. The number of benzene rings is 2. The lowest BCUT2D eigenvalue weighted by Gasteiger charge is -2.30. The lowest BCUT2D eigenvalue weighted by molar-refractivity contribution is 0.101. The number of aromatic nitrogens is 1. The van der Waals surface area contributed by atoms with E-state index in [1.54, 1.807) is 5.38 Å². The summed E-state index contributed by atoms with van der Waals surface area (Å²) in [6, 6.07) is 16.5. The van der Waals surface area contributed by atoms with Gasteiger partial charge in [0.05, 0.1) is 0 Å². The fourth-order valence-corrected chi connectivity index (χ4v) is 4.25. The van der Waals surface area contributed by atoms with E-state index in [2.05, 4.69) is 63.6 Å². The Balaban J connectivity index is 0.000000193. The second kappa shape index (κ2) is 11.5. The first-order chi connectivity index (χ1) is 15.5. The van der Waals surface area contributed by atoms with E-state index in [4.69, 9.17) is 0 Å². The average Bonchev–Trinajstić information content (AvgIpc) is 3.29. The van der Waals surface area contributed by atoms with Crippen molar-refractivity contribution < 1.29 is 4.79 Å². The number of Topliss-reactive ketones (excluding diaryl/α,β-unsaturated/α-hetero) is 1. The zero-order chi connectivity index (χ0) is 22.9.